The van der Waals surface area contributed by atoms with Gasteiger partial charge in [-0.05, 0) is 22.9 Å². The fourth-order valence-electron chi connectivity index (χ4n) is 0.555. The van der Waals surface area contributed by atoms with Gasteiger partial charge in [0.15, 0.2) is 3.92 Å². The van der Waals surface area contributed by atoms with E-state index in [4.69, 9.17) is 4.74 Å². The molecule has 1 aromatic rings. The Morgan fingerprint density at radius 2 is 2.60 bits per heavy atom. The summed E-state index contributed by atoms with van der Waals surface area (Å²) in [5.74, 6) is 0. The molecule has 0 aliphatic rings. The molecule has 0 aliphatic carbocycles. The van der Waals surface area contributed by atoms with E-state index in [0.717, 1.165) is 16.2 Å². The van der Waals surface area contributed by atoms with E-state index in [1.165, 1.54) is 0 Å². The van der Waals surface area contributed by atoms with E-state index in [-0.39, 0.29) is 0 Å². The third-order valence-electron chi connectivity index (χ3n) is 0.978. The van der Waals surface area contributed by atoms with Crippen molar-refractivity contribution in [1.82, 2.24) is 4.98 Å². The second kappa shape index (κ2) is 4.05. The lowest BCUT2D eigenvalue weighted by molar-refractivity contribution is 0.131. The molecule has 56 valence electrons. The SMILES string of the molecule is CCOCc1csc(Br)n1. The first-order chi connectivity index (χ1) is 4.83. The van der Waals surface area contributed by atoms with Gasteiger partial charge in [-0.15, -0.1) is 11.3 Å². The highest BCUT2D eigenvalue weighted by Gasteiger charge is 1.96. The fraction of sp³-hybridized carbons (Fsp3) is 0.500. The summed E-state index contributed by atoms with van der Waals surface area (Å²) in [6.45, 7) is 3.34. The average Bonchev–Trinajstić information content (AvgIpc) is 2.31. The van der Waals surface area contributed by atoms with Gasteiger partial charge < -0.3 is 4.74 Å². The zero-order chi connectivity index (χ0) is 7.40. The second-order valence-corrected chi connectivity index (χ2v) is 3.86. The summed E-state index contributed by atoms with van der Waals surface area (Å²) in [7, 11) is 0. The summed E-state index contributed by atoms with van der Waals surface area (Å²) in [6.07, 6.45) is 0. The van der Waals surface area contributed by atoms with Crippen LogP contribution in [0.4, 0.5) is 0 Å². The van der Waals surface area contributed by atoms with Crippen molar-refractivity contribution in [2.45, 2.75) is 13.5 Å². The second-order valence-electron chi connectivity index (χ2n) is 1.73. The van der Waals surface area contributed by atoms with Crippen molar-refractivity contribution in [1.29, 1.82) is 0 Å². The Kier molecular flexibility index (Phi) is 3.31. The molecule has 10 heavy (non-hydrogen) atoms. The van der Waals surface area contributed by atoms with Crippen molar-refractivity contribution in [3.8, 4) is 0 Å². The minimum absolute atomic E-state index is 0.624. The van der Waals surface area contributed by atoms with Gasteiger partial charge in [-0.25, -0.2) is 4.98 Å². The van der Waals surface area contributed by atoms with E-state index in [1.807, 2.05) is 12.3 Å². The van der Waals surface area contributed by atoms with Crippen molar-refractivity contribution in [2.75, 3.05) is 6.61 Å². The van der Waals surface area contributed by atoms with E-state index < -0.39 is 0 Å². The predicted octanol–water partition coefficient (Wildman–Crippen LogP) is 2.44. The summed E-state index contributed by atoms with van der Waals surface area (Å²) in [4.78, 5) is 4.16. The van der Waals surface area contributed by atoms with E-state index in [2.05, 4.69) is 20.9 Å². The fourth-order valence-corrected chi connectivity index (χ4v) is 1.59. The van der Waals surface area contributed by atoms with Crippen LogP contribution in [0.1, 0.15) is 12.6 Å². The maximum Gasteiger partial charge on any atom is 0.159 e. The molecule has 4 heteroatoms. The van der Waals surface area contributed by atoms with Crippen LogP contribution < -0.4 is 0 Å². The minimum atomic E-state index is 0.624. The first-order valence-corrected chi connectivity index (χ1v) is 4.68. The van der Waals surface area contributed by atoms with Crippen molar-refractivity contribution in [3.63, 3.8) is 0 Å². The van der Waals surface area contributed by atoms with Gasteiger partial charge in [0.05, 0.1) is 12.3 Å². The number of halogens is 1. The standard InChI is InChI=1S/C6H8BrNOS/c1-2-9-3-5-4-10-6(7)8-5/h4H,2-3H2,1H3. The van der Waals surface area contributed by atoms with Gasteiger partial charge in [-0.2, -0.15) is 0 Å². The quantitative estimate of drug-likeness (QED) is 0.783. The van der Waals surface area contributed by atoms with Crippen molar-refractivity contribution in [3.05, 3.63) is 15.0 Å². The monoisotopic (exact) mass is 221 g/mol. The lowest BCUT2D eigenvalue weighted by Crippen LogP contribution is -1.90. The summed E-state index contributed by atoms with van der Waals surface area (Å²) in [5.41, 5.74) is 0.999. The lowest BCUT2D eigenvalue weighted by Gasteiger charge is -1.93. The lowest BCUT2D eigenvalue weighted by atomic mass is 10.5. The highest BCUT2D eigenvalue weighted by molar-refractivity contribution is 9.11. The van der Waals surface area contributed by atoms with Gasteiger partial charge in [-0.1, -0.05) is 0 Å². The molecule has 2 nitrogen and oxygen atoms in total. The zero-order valence-electron chi connectivity index (χ0n) is 5.63. The van der Waals surface area contributed by atoms with Crippen LogP contribution in [0.25, 0.3) is 0 Å². The van der Waals surface area contributed by atoms with Crippen LogP contribution in [-0.2, 0) is 11.3 Å². The summed E-state index contributed by atoms with van der Waals surface area (Å²) < 4.78 is 6.07. The molecule has 0 bridgehead atoms. The van der Waals surface area contributed by atoms with Gasteiger partial charge in [0.2, 0.25) is 0 Å². The van der Waals surface area contributed by atoms with Gasteiger partial charge in [0, 0.05) is 12.0 Å². The van der Waals surface area contributed by atoms with Crippen LogP contribution >= 0.6 is 27.3 Å². The molecule has 0 unspecified atom stereocenters. The van der Waals surface area contributed by atoms with Crippen molar-refractivity contribution >= 4 is 27.3 Å². The van der Waals surface area contributed by atoms with Gasteiger partial charge in [-0.3, -0.25) is 0 Å². The third kappa shape index (κ3) is 2.36. The molecule has 0 saturated heterocycles. The number of nitrogens with zero attached hydrogens (tertiary/aromatic N) is 1. The molecule has 0 atom stereocenters. The number of aromatic nitrogens is 1. The maximum atomic E-state index is 5.16. The molecular weight excluding hydrogens is 214 g/mol. The first kappa shape index (κ1) is 8.17. The Morgan fingerprint density at radius 1 is 1.80 bits per heavy atom. The maximum absolute atomic E-state index is 5.16. The molecule has 0 aromatic carbocycles. The molecule has 1 aromatic heterocycles. The van der Waals surface area contributed by atoms with Crippen LogP contribution in [0.3, 0.4) is 0 Å². The highest BCUT2D eigenvalue weighted by atomic mass is 79.9. The van der Waals surface area contributed by atoms with E-state index in [1.54, 1.807) is 11.3 Å². The van der Waals surface area contributed by atoms with Crippen LogP contribution in [0.5, 0.6) is 0 Å². The molecule has 0 amide bonds. The number of ether oxygens (including phenoxy) is 1. The molecule has 0 radical (unpaired) electrons. The van der Waals surface area contributed by atoms with E-state index in [0.29, 0.717) is 6.61 Å². The molecule has 1 rings (SSSR count). The predicted molar refractivity (Wildman–Crippen MR) is 45.1 cm³/mol. The Balaban J connectivity index is 2.42. The molecule has 0 fully saturated rings. The first-order valence-electron chi connectivity index (χ1n) is 3.00. The molecule has 0 N–H and O–H groups in total. The Morgan fingerprint density at radius 3 is 3.10 bits per heavy atom. The highest BCUT2D eigenvalue weighted by Crippen LogP contribution is 2.16. The third-order valence-corrected chi connectivity index (χ3v) is 2.39. The minimum Gasteiger partial charge on any atom is -0.375 e. The van der Waals surface area contributed by atoms with E-state index in [9.17, 15) is 0 Å². The molecular formula is C6H8BrNOS. The normalized spacial score (nSPS) is 10.2. The summed E-state index contributed by atoms with van der Waals surface area (Å²) in [5, 5.41) is 1.99. The van der Waals surface area contributed by atoms with Crippen LogP contribution in [0, 0.1) is 0 Å². The number of hydrogen-bond acceptors (Lipinski definition) is 3. The van der Waals surface area contributed by atoms with Gasteiger partial charge in [0.25, 0.3) is 0 Å². The Bertz CT molecular complexity index is 201. The number of thiazole rings is 1. The van der Waals surface area contributed by atoms with E-state index >= 15 is 0 Å². The van der Waals surface area contributed by atoms with Gasteiger partial charge >= 0.3 is 0 Å². The van der Waals surface area contributed by atoms with Crippen molar-refractivity contribution in [2.24, 2.45) is 0 Å². The topological polar surface area (TPSA) is 22.1 Å². The number of rotatable bonds is 3. The molecule has 0 spiro atoms. The van der Waals surface area contributed by atoms with Crippen LogP contribution in [0.2, 0.25) is 0 Å². The molecule has 1 heterocycles. The summed E-state index contributed by atoms with van der Waals surface area (Å²) >= 11 is 4.86. The largest absolute Gasteiger partial charge is 0.375 e. The Labute approximate surface area is 72.4 Å². The van der Waals surface area contributed by atoms with Crippen LogP contribution in [0.15, 0.2) is 9.30 Å². The molecule has 0 saturated carbocycles. The number of hydrogen-bond donors (Lipinski definition) is 0. The summed E-state index contributed by atoms with van der Waals surface area (Å²) in [6, 6.07) is 0. The molecule has 0 aliphatic heterocycles. The Hall–Kier alpha value is 0.0700. The zero-order valence-corrected chi connectivity index (χ0v) is 8.04. The van der Waals surface area contributed by atoms with Crippen LogP contribution in [-0.4, -0.2) is 11.6 Å². The van der Waals surface area contributed by atoms with Crippen molar-refractivity contribution < 1.29 is 4.74 Å². The van der Waals surface area contributed by atoms with Gasteiger partial charge in [0.1, 0.15) is 0 Å². The smallest absolute Gasteiger partial charge is 0.159 e. The average molecular weight is 222 g/mol.